The molecule has 0 atom stereocenters. The minimum Gasteiger partial charge on any atom is -0.322 e. The van der Waals surface area contributed by atoms with Crippen molar-refractivity contribution < 1.29 is 4.79 Å². The topological polar surface area (TPSA) is 72.2 Å². The number of benzene rings is 2. The summed E-state index contributed by atoms with van der Waals surface area (Å²) in [4.78, 5) is 13.6. The summed E-state index contributed by atoms with van der Waals surface area (Å²) in [6, 6.07) is 19.0. The van der Waals surface area contributed by atoms with Gasteiger partial charge < -0.3 is 5.32 Å². The van der Waals surface area contributed by atoms with Gasteiger partial charge >= 0.3 is 0 Å². The largest absolute Gasteiger partial charge is 0.322 e. The van der Waals surface area contributed by atoms with Crippen molar-refractivity contribution in [2.24, 2.45) is 0 Å². The first kappa shape index (κ1) is 17.2. The van der Waals surface area contributed by atoms with E-state index in [1.54, 1.807) is 22.6 Å². The number of aromatic nitrogens is 4. The van der Waals surface area contributed by atoms with Crippen molar-refractivity contribution in [1.82, 2.24) is 19.8 Å². The predicted octanol–water partition coefficient (Wildman–Crippen LogP) is 4.16. The Bertz CT molecular complexity index is 1090. The molecular weight excluding hydrogens is 358 g/mol. The number of nitrogens with one attached hydrogen (secondary N) is 1. The van der Waals surface area contributed by atoms with Crippen LogP contribution < -0.4 is 5.32 Å². The van der Waals surface area contributed by atoms with E-state index in [-0.39, 0.29) is 5.91 Å². The molecular formula is C20H17N5OS. The number of hydrogen-bond donors (Lipinski definition) is 1. The lowest BCUT2D eigenvalue weighted by Crippen LogP contribution is -2.12. The second-order valence-electron chi connectivity index (χ2n) is 5.81. The predicted molar refractivity (Wildman–Crippen MR) is 107 cm³/mol. The normalized spacial score (nSPS) is 10.9. The van der Waals surface area contributed by atoms with Crippen LogP contribution in [0.3, 0.4) is 0 Å². The molecule has 0 aliphatic heterocycles. The Kier molecular flexibility index (Phi) is 4.84. The van der Waals surface area contributed by atoms with Gasteiger partial charge in [-0.25, -0.2) is 0 Å². The van der Waals surface area contributed by atoms with E-state index < -0.39 is 0 Å². The van der Waals surface area contributed by atoms with Crippen molar-refractivity contribution in [3.8, 4) is 11.3 Å². The van der Waals surface area contributed by atoms with Gasteiger partial charge in [-0.1, -0.05) is 31.2 Å². The fourth-order valence-corrected chi connectivity index (χ4v) is 3.54. The summed E-state index contributed by atoms with van der Waals surface area (Å²) < 4.78 is 1.63. The molecule has 4 aromatic rings. The van der Waals surface area contributed by atoms with Crippen molar-refractivity contribution >= 4 is 29.0 Å². The van der Waals surface area contributed by atoms with Gasteiger partial charge in [-0.3, -0.25) is 4.79 Å². The molecule has 27 heavy (non-hydrogen) atoms. The molecule has 134 valence electrons. The Labute approximate surface area is 160 Å². The highest BCUT2D eigenvalue weighted by molar-refractivity contribution is 7.99. The molecule has 2 aromatic heterocycles. The van der Waals surface area contributed by atoms with Gasteiger partial charge in [0.25, 0.3) is 5.91 Å². The highest BCUT2D eigenvalue weighted by Crippen LogP contribution is 2.24. The van der Waals surface area contributed by atoms with E-state index in [0.717, 1.165) is 27.6 Å². The van der Waals surface area contributed by atoms with Gasteiger partial charge in [0.15, 0.2) is 5.65 Å². The fraction of sp³-hybridized carbons (Fsp3) is 0.100. The number of carbonyl (C=O) groups excluding carboxylic acids is 1. The molecule has 0 radical (unpaired) electrons. The average molecular weight is 375 g/mol. The number of anilines is 1. The van der Waals surface area contributed by atoms with Gasteiger partial charge in [0.2, 0.25) is 0 Å². The maximum Gasteiger partial charge on any atom is 0.256 e. The summed E-state index contributed by atoms with van der Waals surface area (Å²) in [6.07, 6.45) is 1.57. The number of nitrogens with zero attached hydrogens (tertiary/aromatic N) is 4. The average Bonchev–Trinajstić information content (AvgIpc) is 3.17. The molecule has 2 heterocycles. The molecule has 1 amide bonds. The summed E-state index contributed by atoms with van der Waals surface area (Å²) in [6.45, 7) is 2.07. The molecule has 0 spiro atoms. The molecule has 7 heteroatoms. The molecule has 0 saturated heterocycles. The third kappa shape index (κ3) is 3.68. The molecule has 0 fully saturated rings. The lowest BCUT2D eigenvalue weighted by atomic mass is 10.1. The van der Waals surface area contributed by atoms with Gasteiger partial charge in [0.05, 0.1) is 11.3 Å². The Morgan fingerprint density at radius 3 is 2.70 bits per heavy atom. The van der Waals surface area contributed by atoms with Crippen LogP contribution in [0.25, 0.3) is 16.9 Å². The fourth-order valence-electron chi connectivity index (χ4n) is 2.74. The van der Waals surface area contributed by atoms with Crippen LogP contribution in [0.1, 0.15) is 17.3 Å². The first-order valence-corrected chi connectivity index (χ1v) is 9.54. The van der Waals surface area contributed by atoms with E-state index in [4.69, 9.17) is 0 Å². The van der Waals surface area contributed by atoms with E-state index in [2.05, 4.69) is 27.5 Å². The lowest BCUT2D eigenvalue weighted by molar-refractivity contribution is 0.102. The summed E-state index contributed by atoms with van der Waals surface area (Å²) in [5.74, 6) is 0.811. The molecule has 2 aromatic carbocycles. The van der Waals surface area contributed by atoms with Gasteiger partial charge in [-0.15, -0.1) is 22.0 Å². The quantitative estimate of drug-likeness (QED) is 0.531. The third-order valence-corrected chi connectivity index (χ3v) is 4.99. The van der Waals surface area contributed by atoms with Crippen LogP contribution in [0.5, 0.6) is 0 Å². The Balaban J connectivity index is 1.53. The summed E-state index contributed by atoms with van der Waals surface area (Å²) in [5, 5.41) is 15.2. The van der Waals surface area contributed by atoms with Crippen LogP contribution in [0.4, 0.5) is 5.69 Å². The highest BCUT2D eigenvalue weighted by Gasteiger charge is 2.11. The van der Waals surface area contributed by atoms with Crippen LogP contribution >= 0.6 is 11.8 Å². The molecule has 0 aliphatic carbocycles. The molecule has 0 aliphatic rings. The Morgan fingerprint density at radius 1 is 1.07 bits per heavy atom. The minimum atomic E-state index is -0.108. The first-order valence-electron chi connectivity index (χ1n) is 8.55. The van der Waals surface area contributed by atoms with E-state index in [9.17, 15) is 4.79 Å². The summed E-state index contributed by atoms with van der Waals surface area (Å²) >= 11 is 1.66. The zero-order valence-electron chi connectivity index (χ0n) is 14.7. The van der Waals surface area contributed by atoms with Crippen LogP contribution in [0.15, 0.2) is 71.9 Å². The smallest absolute Gasteiger partial charge is 0.256 e. The molecule has 0 saturated carbocycles. The zero-order valence-corrected chi connectivity index (χ0v) is 15.5. The second kappa shape index (κ2) is 7.59. The van der Waals surface area contributed by atoms with Crippen LogP contribution in [0, 0.1) is 0 Å². The van der Waals surface area contributed by atoms with E-state index >= 15 is 0 Å². The van der Waals surface area contributed by atoms with Gasteiger partial charge in [0, 0.05) is 16.1 Å². The number of hydrogen-bond acceptors (Lipinski definition) is 5. The van der Waals surface area contributed by atoms with Gasteiger partial charge in [-0.05, 0) is 42.2 Å². The maximum absolute atomic E-state index is 12.6. The van der Waals surface area contributed by atoms with E-state index in [1.807, 2.05) is 60.7 Å². The van der Waals surface area contributed by atoms with Crippen LogP contribution in [0.2, 0.25) is 0 Å². The van der Waals surface area contributed by atoms with Gasteiger partial charge in [-0.2, -0.15) is 9.61 Å². The maximum atomic E-state index is 12.6. The summed E-state index contributed by atoms with van der Waals surface area (Å²) in [5.41, 5.74) is 3.89. The van der Waals surface area contributed by atoms with Gasteiger partial charge in [0.1, 0.15) is 6.33 Å². The van der Waals surface area contributed by atoms with Crippen molar-refractivity contribution in [2.75, 3.05) is 11.1 Å². The Morgan fingerprint density at radius 2 is 1.89 bits per heavy atom. The van der Waals surface area contributed by atoms with Crippen molar-refractivity contribution in [2.45, 2.75) is 11.8 Å². The molecule has 1 N–H and O–H groups in total. The molecule has 4 rings (SSSR count). The number of thioether (sulfide) groups is 1. The van der Waals surface area contributed by atoms with Crippen molar-refractivity contribution in [3.63, 3.8) is 0 Å². The number of amides is 1. The number of carbonyl (C=O) groups is 1. The standard InChI is InChI=1S/C20H17N5OS/c1-2-27-18-6-4-3-5-16(18)20(26)22-15-9-7-14(8-10-15)17-11-12-19-23-21-13-25(19)24-17/h3-13H,2H2,1H3,(H,22,26). The second-order valence-corrected chi connectivity index (χ2v) is 7.12. The van der Waals surface area contributed by atoms with Crippen molar-refractivity contribution in [1.29, 1.82) is 0 Å². The highest BCUT2D eigenvalue weighted by atomic mass is 32.2. The van der Waals surface area contributed by atoms with Crippen LogP contribution in [-0.2, 0) is 0 Å². The Hall–Kier alpha value is -3.19. The van der Waals surface area contributed by atoms with Crippen LogP contribution in [-0.4, -0.2) is 31.5 Å². The number of rotatable bonds is 5. The van der Waals surface area contributed by atoms with E-state index in [1.165, 1.54) is 0 Å². The first-order chi connectivity index (χ1) is 13.2. The summed E-state index contributed by atoms with van der Waals surface area (Å²) in [7, 11) is 0. The lowest BCUT2D eigenvalue weighted by Gasteiger charge is -2.10. The molecule has 0 bridgehead atoms. The molecule has 6 nitrogen and oxygen atoms in total. The van der Waals surface area contributed by atoms with E-state index in [0.29, 0.717) is 11.2 Å². The van der Waals surface area contributed by atoms with Crippen molar-refractivity contribution in [3.05, 3.63) is 72.6 Å². The monoisotopic (exact) mass is 375 g/mol. The number of fused-ring (bicyclic) bond motifs is 1. The SMILES string of the molecule is CCSc1ccccc1C(=O)Nc1ccc(-c2ccc3nncn3n2)cc1. The third-order valence-electron chi connectivity index (χ3n) is 4.03. The minimum absolute atomic E-state index is 0.108. The zero-order chi connectivity index (χ0) is 18.6. The molecule has 0 unspecified atom stereocenters.